The van der Waals surface area contributed by atoms with E-state index in [0.29, 0.717) is 0 Å². The third-order valence-electron chi connectivity index (χ3n) is 2.74. The van der Waals surface area contributed by atoms with Gasteiger partial charge in [0.25, 0.3) is 0 Å². The van der Waals surface area contributed by atoms with E-state index in [1.54, 1.807) is 0 Å². The van der Waals surface area contributed by atoms with Crippen LogP contribution in [0.1, 0.15) is 0 Å². The largest absolute Gasteiger partial charge is 0.394 e. The summed E-state index contributed by atoms with van der Waals surface area (Å²) in [5.41, 5.74) is 1.28. The maximum atomic E-state index is 8.74. The van der Waals surface area contributed by atoms with Crippen molar-refractivity contribution >= 4 is 16.1 Å². The van der Waals surface area contributed by atoms with Crippen molar-refractivity contribution in [3.05, 3.63) is 68.3 Å². The van der Waals surface area contributed by atoms with Crippen LogP contribution >= 0.6 is 0 Å². The fourth-order valence-corrected chi connectivity index (χ4v) is 2.03. The summed E-state index contributed by atoms with van der Waals surface area (Å²) in [5, 5.41) is 0. The van der Waals surface area contributed by atoms with Crippen molar-refractivity contribution in [2.75, 3.05) is 19.6 Å². The van der Waals surface area contributed by atoms with Gasteiger partial charge in [-0.05, 0) is 30.4 Å². The lowest BCUT2D eigenvalue weighted by molar-refractivity contribution is 0.365. The molecule has 21 heavy (non-hydrogen) atoms. The van der Waals surface area contributed by atoms with Gasteiger partial charge >= 0.3 is 10.4 Å². The zero-order valence-corrected chi connectivity index (χ0v) is 12.7. The summed E-state index contributed by atoms with van der Waals surface area (Å²) in [5.74, 6) is 0. The lowest BCUT2D eigenvalue weighted by atomic mass is 10.2. The molecule has 5 nitrogen and oxygen atoms in total. The number of para-hydroxylation sites is 1. The molecule has 0 radical (unpaired) electrons. The molecular formula is C15H22NO4S+. The fraction of sp³-hybridized carbons (Fsp3) is 0.200. The first kappa shape index (κ1) is 19.3. The summed E-state index contributed by atoms with van der Waals surface area (Å²) in [7, 11) is -4.67. The second kappa shape index (κ2) is 9.25. The fourth-order valence-electron chi connectivity index (χ4n) is 2.03. The second-order valence-corrected chi connectivity index (χ2v) is 5.24. The Morgan fingerprint density at radius 1 is 0.905 bits per heavy atom. The van der Waals surface area contributed by atoms with Crippen LogP contribution in [0.3, 0.4) is 0 Å². The van der Waals surface area contributed by atoms with Gasteiger partial charge < -0.3 is 0 Å². The van der Waals surface area contributed by atoms with Gasteiger partial charge in [-0.15, -0.1) is 0 Å². The SMILES string of the molecule is C=CC[N+](CC=C)(CC=C)c1ccccc1.O=S(=O)(O)O. The molecule has 0 heterocycles. The lowest BCUT2D eigenvalue weighted by Gasteiger charge is -2.35. The highest BCUT2D eigenvalue weighted by Gasteiger charge is 2.25. The maximum Gasteiger partial charge on any atom is 0.394 e. The highest BCUT2D eigenvalue weighted by Crippen LogP contribution is 2.22. The molecule has 0 aliphatic carbocycles. The van der Waals surface area contributed by atoms with E-state index in [-0.39, 0.29) is 0 Å². The van der Waals surface area contributed by atoms with Gasteiger partial charge in [0.1, 0.15) is 25.3 Å². The van der Waals surface area contributed by atoms with E-state index in [2.05, 4.69) is 44.0 Å². The molecule has 0 aliphatic heterocycles. The van der Waals surface area contributed by atoms with Crippen molar-refractivity contribution in [2.24, 2.45) is 0 Å². The predicted octanol–water partition coefficient (Wildman–Crippen LogP) is 2.90. The number of nitrogens with zero attached hydrogens (tertiary/aromatic N) is 1. The predicted molar refractivity (Wildman–Crippen MR) is 87.6 cm³/mol. The molecule has 116 valence electrons. The van der Waals surface area contributed by atoms with Crippen LogP contribution in [0, 0.1) is 0 Å². The van der Waals surface area contributed by atoms with Gasteiger partial charge in [0.05, 0.1) is 0 Å². The number of hydrogen-bond acceptors (Lipinski definition) is 2. The normalized spacial score (nSPS) is 11.0. The Morgan fingerprint density at radius 3 is 1.52 bits per heavy atom. The summed E-state index contributed by atoms with van der Waals surface area (Å²) in [6, 6.07) is 10.5. The molecule has 0 aliphatic rings. The van der Waals surface area contributed by atoms with Gasteiger partial charge in [0.2, 0.25) is 0 Å². The summed E-state index contributed by atoms with van der Waals surface area (Å²) >= 11 is 0. The molecule has 0 atom stereocenters. The molecule has 0 amide bonds. The number of rotatable bonds is 7. The molecule has 0 unspecified atom stereocenters. The molecule has 6 heteroatoms. The minimum Gasteiger partial charge on any atom is -0.281 e. The summed E-state index contributed by atoms with van der Waals surface area (Å²) < 4.78 is 32.4. The summed E-state index contributed by atoms with van der Waals surface area (Å²) in [6.45, 7) is 14.2. The first-order chi connectivity index (χ1) is 9.79. The minimum absolute atomic E-state index is 0.817. The Hall–Kier alpha value is -1.73. The van der Waals surface area contributed by atoms with Crippen molar-refractivity contribution in [2.45, 2.75) is 0 Å². The summed E-state index contributed by atoms with van der Waals surface area (Å²) in [6.07, 6.45) is 5.88. The van der Waals surface area contributed by atoms with Crippen molar-refractivity contribution in [3.63, 3.8) is 0 Å². The number of benzene rings is 1. The minimum atomic E-state index is -4.67. The highest BCUT2D eigenvalue weighted by molar-refractivity contribution is 7.79. The van der Waals surface area contributed by atoms with Crippen LogP contribution in [0.4, 0.5) is 5.69 Å². The standard InChI is InChI=1S/C15H20N.H2O4S/c1-4-12-16(13-5-2,14-6-3)15-10-8-7-9-11-15;1-5(2,3)4/h4-11H,1-3,12-14H2;(H2,1,2,3,4)/q+1;. The van der Waals surface area contributed by atoms with Gasteiger partial charge in [0, 0.05) is 0 Å². The third kappa shape index (κ3) is 8.21. The Balaban J connectivity index is 0.000000690. The van der Waals surface area contributed by atoms with Crippen molar-refractivity contribution in [1.82, 2.24) is 4.48 Å². The van der Waals surface area contributed by atoms with Gasteiger partial charge in [-0.1, -0.05) is 37.9 Å². The van der Waals surface area contributed by atoms with Gasteiger partial charge in [-0.3, -0.25) is 13.6 Å². The molecule has 2 N–H and O–H groups in total. The molecule has 1 aromatic carbocycles. The Labute approximate surface area is 126 Å². The first-order valence-electron chi connectivity index (χ1n) is 6.23. The van der Waals surface area contributed by atoms with Crippen LogP contribution < -0.4 is 4.48 Å². The van der Waals surface area contributed by atoms with Gasteiger partial charge in [-0.2, -0.15) is 8.42 Å². The van der Waals surface area contributed by atoms with Crippen LogP contribution in [0.2, 0.25) is 0 Å². The molecule has 0 fully saturated rings. The molecule has 0 aromatic heterocycles. The zero-order valence-electron chi connectivity index (χ0n) is 11.9. The lowest BCUT2D eigenvalue weighted by Crippen LogP contribution is -2.49. The van der Waals surface area contributed by atoms with Crippen LogP contribution in [0.5, 0.6) is 0 Å². The van der Waals surface area contributed by atoms with Crippen molar-refractivity contribution < 1.29 is 17.5 Å². The topological polar surface area (TPSA) is 74.6 Å². The molecular weight excluding hydrogens is 290 g/mol. The van der Waals surface area contributed by atoms with E-state index in [9.17, 15) is 0 Å². The molecule has 0 saturated heterocycles. The van der Waals surface area contributed by atoms with Gasteiger partial charge in [0.15, 0.2) is 0 Å². The maximum absolute atomic E-state index is 8.74. The molecule has 0 bridgehead atoms. The van der Waals surface area contributed by atoms with Crippen LogP contribution in [-0.4, -0.2) is 37.2 Å². The van der Waals surface area contributed by atoms with Gasteiger partial charge in [-0.25, -0.2) is 0 Å². The smallest absolute Gasteiger partial charge is 0.281 e. The van der Waals surface area contributed by atoms with E-state index < -0.39 is 10.4 Å². The monoisotopic (exact) mass is 312 g/mol. The summed E-state index contributed by atoms with van der Waals surface area (Å²) in [4.78, 5) is 0. The Morgan fingerprint density at radius 2 is 1.24 bits per heavy atom. The average Bonchev–Trinajstić information content (AvgIpc) is 2.38. The second-order valence-electron chi connectivity index (χ2n) is 4.34. The van der Waals surface area contributed by atoms with E-state index in [1.807, 2.05) is 24.3 Å². The van der Waals surface area contributed by atoms with Crippen LogP contribution in [0.15, 0.2) is 68.3 Å². The van der Waals surface area contributed by atoms with E-state index in [0.717, 1.165) is 24.1 Å². The number of quaternary nitrogens is 1. The van der Waals surface area contributed by atoms with Crippen LogP contribution in [0.25, 0.3) is 0 Å². The molecule has 1 rings (SSSR count). The quantitative estimate of drug-likeness (QED) is 0.461. The highest BCUT2D eigenvalue weighted by atomic mass is 32.3. The third-order valence-corrected chi connectivity index (χ3v) is 2.74. The van der Waals surface area contributed by atoms with E-state index in [1.165, 1.54) is 5.69 Å². The Bertz CT molecular complexity index is 518. The van der Waals surface area contributed by atoms with E-state index >= 15 is 0 Å². The van der Waals surface area contributed by atoms with Crippen molar-refractivity contribution in [1.29, 1.82) is 0 Å². The van der Waals surface area contributed by atoms with E-state index in [4.69, 9.17) is 17.5 Å². The molecule has 1 aromatic rings. The molecule has 0 spiro atoms. The number of hydrogen-bond donors (Lipinski definition) is 2. The van der Waals surface area contributed by atoms with Crippen molar-refractivity contribution in [3.8, 4) is 0 Å². The first-order valence-corrected chi connectivity index (χ1v) is 7.63. The zero-order chi connectivity index (χ0) is 16.4. The van der Waals surface area contributed by atoms with Crippen LogP contribution in [-0.2, 0) is 10.4 Å². The average molecular weight is 312 g/mol. The Kier molecular flexibility index (Phi) is 8.49. The molecule has 0 saturated carbocycles.